The topological polar surface area (TPSA) is 94.7 Å². The van der Waals surface area contributed by atoms with Gasteiger partial charge in [0, 0.05) is 31.5 Å². The number of fused-ring (bicyclic) bond motifs is 1. The molecule has 4 aromatic rings. The van der Waals surface area contributed by atoms with Crippen LogP contribution in [0.2, 0.25) is 5.02 Å². The van der Waals surface area contributed by atoms with Gasteiger partial charge in [-0.2, -0.15) is 10.1 Å². The second-order valence-corrected chi connectivity index (χ2v) is 7.99. The van der Waals surface area contributed by atoms with Crippen molar-refractivity contribution < 1.29 is 4.74 Å². The van der Waals surface area contributed by atoms with Crippen LogP contribution in [-0.4, -0.2) is 54.4 Å². The first-order valence-electron chi connectivity index (χ1n) is 9.98. The zero-order valence-corrected chi connectivity index (χ0v) is 18.2. The molecule has 1 aliphatic heterocycles. The highest BCUT2D eigenvalue weighted by Gasteiger charge is 2.26. The first-order valence-corrected chi connectivity index (χ1v) is 10.4. The number of nitrogens with zero attached hydrogens (tertiary/aromatic N) is 8. The molecule has 1 aliphatic rings. The molecule has 0 aliphatic carbocycles. The Bertz CT molecular complexity index is 1260. The van der Waals surface area contributed by atoms with E-state index in [1.54, 1.807) is 16.9 Å². The van der Waals surface area contributed by atoms with Crippen LogP contribution in [0.25, 0.3) is 22.6 Å². The number of rotatable bonds is 3. The molecular weight excluding hydrogens is 416 g/mol. The predicted molar refractivity (Wildman–Crippen MR) is 117 cm³/mol. The number of aromatic nitrogens is 7. The first-order chi connectivity index (χ1) is 15.0. The van der Waals surface area contributed by atoms with Crippen molar-refractivity contribution in [1.82, 2.24) is 34.7 Å². The lowest BCUT2D eigenvalue weighted by Crippen LogP contribution is -2.39. The highest BCUT2D eigenvalue weighted by molar-refractivity contribution is 6.30. The van der Waals surface area contributed by atoms with E-state index in [1.807, 2.05) is 39.4 Å². The van der Waals surface area contributed by atoms with Crippen LogP contribution in [0.5, 0.6) is 0 Å². The number of anilines is 1. The molecule has 5 rings (SSSR count). The highest BCUT2D eigenvalue weighted by Crippen LogP contribution is 2.29. The Hall–Kier alpha value is -3.17. The number of ether oxygens (including phenoxy) is 1. The van der Waals surface area contributed by atoms with Crippen molar-refractivity contribution in [3.8, 4) is 11.4 Å². The normalized spacial score (nSPS) is 16.8. The Morgan fingerprint density at radius 3 is 2.65 bits per heavy atom. The standard InChI is InChI=1S/C21H21ClN8O/c1-12-13(2)26-20-19(25-12)18(16-5-4-15(22)9-23-16)27-21(28-20)30-6-7-31-17(11-30)14-8-24-29(3)10-14/h4-5,8-10,17H,6-7,11H2,1-3H3/t17-/m0/s1. The molecule has 31 heavy (non-hydrogen) atoms. The summed E-state index contributed by atoms with van der Waals surface area (Å²) in [5, 5.41) is 4.82. The Labute approximate surface area is 184 Å². The van der Waals surface area contributed by atoms with Crippen molar-refractivity contribution in [2.75, 3.05) is 24.6 Å². The fourth-order valence-electron chi connectivity index (χ4n) is 3.58. The molecular formula is C21H21ClN8O. The van der Waals surface area contributed by atoms with E-state index in [9.17, 15) is 0 Å². The lowest BCUT2D eigenvalue weighted by Gasteiger charge is -2.32. The van der Waals surface area contributed by atoms with Crippen LogP contribution in [0.4, 0.5) is 5.95 Å². The summed E-state index contributed by atoms with van der Waals surface area (Å²) in [5.41, 5.74) is 5.18. The summed E-state index contributed by atoms with van der Waals surface area (Å²) in [4.78, 5) is 25.6. The third-order valence-electron chi connectivity index (χ3n) is 5.35. The van der Waals surface area contributed by atoms with Gasteiger partial charge in [-0.3, -0.25) is 9.67 Å². The van der Waals surface area contributed by atoms with Crippen molar-refractivity contribution >= 4 is 28.7 Å². The molecule has 9 nitrogen and oxygen atoms in total. The molecule has 1 fully saturated rings. The molecule has 0 unspecified atom stereocenters. The molecule has 1 atom stereocenters. The average molecular weight is 437 g/mol. The minimum absolute atomic E-state index is 0.107. The molecule has 158 valence electrons. The quantitative estimate of drug-likeness (QED) is 0.483. The van der Waals surface area contributed by atoms with Crippen LogP contribution in [0, 0.1) is 13.8 Å². The molecule has 0 spiro atoms. The van der Waals surface area contributed by atoms with Gasteiger partial charge in [0.1, 0.15) is 17.3 Å². The Morgan fingerprint density at radius 2 is 1.90 bits per heavy atom. The van der Waals surface area contributed by atoms with Crippen molar-refractivity contribution in [2.24, 2.45) is 7.05 Å². The number of pyridine rings is 1. The summed E-state index contributed by atoms with van der Waals surface area (Å²) in [5.74, 6) is 0.578. The zero-order chi connectivity index (χ0) is 21.5. The van der Waals surface area contributed by atoms with Crippen LogP contribution in [0.1, 0.15) is 23.1 Å². The smallest absolute Gasteiger partial charge is 0.228 e. The maximum absolute atomic E-state index is 6.04. The summed E-state index contributed by atoms with van der Waals surface area (Å²) in [6, 6.07) is 3.63. The van der Waals surface area contributed by atoms with E-state index in [-0.39, 0.29) is 6.10 Å². The van der Waals surface area contributed by atoms with Gasteiger partial charge in [0.2, 0.25) is 5.95 Å². The van der Waals surface area contributed by atoms with Crippen LogP contribution in [0.15, 0.2) is 30.7 Å². The molecule has 4 aromatic heterocycles. The van der Waals surface area contributed by atoms with Gasteiger partial charge in [0.05, 0.1) is 41.5 Å². The molecule has 0 amide bonds. The lowest BCUT2D eigenvalue weighted by molar-refractivity contribution is 0.0392. The van der Waals surface area contributed by atoms with Gasteiger partial charge < -0.3 is 9.64 Å². The van der Waals surface area contributed by atoms with E-state index in [1.165, 1.54) is 0 Å². The third-order valence-corrected chi connectivity index (χ3v) is 5.57. The van der Waals surface area contributed by atoms with Gasteiger partial charge in [-0.15, -0.1) is 0 Å². The summed E-state index contributed by atoms with van der Waals surface area (Å²) in [7, 11) is 1.89. The van der Waals surface area contributed by atoms with Gasteiger partial charge in [-0.25, -0.2) is 15.0 Å². The minimum Gasteiger partial charge on any atom is -0.370 e. The fourth-order valence-corrected chi connectivity index (χ4v) is 3.69. The molecule has 5 heterocycles. The van der Waals surface area contributed by atoms with Gasteiger partial charge in [-0.1, -0.05) is 11.6 Å². The van der Waals surface area contributed by atoms with Gasteiger partial charge in [0.25, 0.3) is 0 Å². The van der Waals surface area contributed by atoms with Crippen LogP contribution < -0.4 is 4.90 Å². The predicted octanol–water partition coefficient (Wildman–Crippen LogP) is 3.06. The van der Waals surface area contributed by atoms with E-state index < -0.39 is 0 Å². The summed E-state index contributed by atoms with van der Waals surface area (Å²) in [6.07, 6.45) is 5.29. The van der Waals surface area contributed by atoms with Gasteiger partial charge >= 0.3 is 0 Å². The monoisotopic (exact) mass is 436 g/mol. The van der Waals surface area contributed by atoms with Crippen LogP contribution in [-0.2, 0) is 11.8 Å². The Balaban J connectivity index is 1.60. The van der Waals surface area contributed by atoms with Crippen molar-refractivity contribution in [2.45, 2.75) is 20.0 Å². The SMILES string of the molecule is Cc1nc2nc(N3CCO[C@H](c4cnn(C)c4)C3)nc(-c3ccc(Cl)cn3)c2nc1C. The Morgan fingerprint density at radius 1 is 1.06 bits per heavy atom. The third kappa shape index (κ3) is 3.82. The Kier molecular flexibility index (Phi) is 4.99. The zero-order valence-electron chi connectivity index (χ0n) is 17.4. The van der Waals surface area contributed by atoms with E-state index in [0.29, 0.717) is 53.2 Å². The number of hydrogen-bond donors (Lipinski definition) is 0. The summed E-state index contributed by atoms with van der Waals surface area (Å²) >= 11 is 6.04. The molecule has 0 bridgehead atoms. The van der Waals surface area contributed by atoms with E-state index in [0.717, 1.165) is 17.0 Å². The molecule has 1 saturated heterocycles. The number of aryl methyl sites for hydroxylation is 3. The van der Waals surface area contributed by atoms with E-state index in [4.69, 9.17) is 31.3 Å². The maximum atomic E-state index is 6.04. The summed E-state index contributed by atoms with van der Waals surface area (Å²) < 4.78 is 7.75. The molecule has 0 saturated carbocycles. The van der Waals surface area contributed by atoms with Crippen molar-refractivity contribution in [3.63, 3.8) is 0 Å². The largest absolute Gasteiger partial charge is 0.370 e. The number of halogens is 1. The molecule has 0 aromatic carbocycles. The van der Waals surface area contributed by atoms with Gasteiger partial charge in [-0.05, 0) is 26.0 Å². The minimum atomic E-state index is -0.107. The highest BCUT2D eigenvalue weighted by atomic mass is 35.5. The van der Waals surface area contributed by atoms with Crippen molar-refractivity contribution in [3.05, 3.63) is 52.7 Å². The van der Waals surface area contributed by atoms with Gasteiger partial charge in [0.15, 0.2) is 5.65 Å². The summed E-state index contributed by atoms with van der Waals surface area (Å²) in [6.45, 7) is 5.71. The van der Waals surface area contributed by atoms with E-state index in [2.05, 4.69) is 20.0 Å². The maximum Gasteiger partial charge on any atom is 0.228 e. The molecule has 0 N–H and O–H groups in total. The molecule has 0 radical (unpaired) electrons. The molecule has 10 heteroatoms. The van der Waals surface area contributed by atoms with Crippen molar-refractivity contribution in [1.29, 1.82) is 0 Å². The first kappa shape index (κ1) is 19.8. The number of morpholine rings is 1. The van der Waals surface area contributed by atoms with E-state index >= 15 is 0 Å². The van der Waals surface area contributed by atoms with Crippen LogP contribution in [0.3, 0.4) is 0 Å². The average Bonchev–Trinajstić information content (AvgIpc) is 3.21. The second kappa shape index (κ2) is 7.82. The van der Waals surface area contributed by atoms with Crippen LogP contribution >= 0.6 is 11.6 Å². The lowest BCUT2D eigenvalue weighted by atomic mass is 10.1. The fraction of sp³-hybridized carbons (Fsp3) is 0.333. The second-order valence-electron chi connectivity index (χ2n) is 7.55. The number of hydrogen-bond acceptors (Lipinski definition) is 8.